The molecule has 0 aliphatic heterocycles. The predicted octanol–water partition coefficient (Wildman–Crippen LogP) is 2.37. The zero-order chi connectivity index (χ0) is 13.1. The fourth-order valence-electron chi connectivity index (χ4n) is 1.12. The Labute approximate surface area is 109 Å². The van der Waals surface area contributed by atoms with E-state index in [2.05, 4.69) is 10.9 Å². The first kappa shape index (κ1) is 14.0. The molecule has 0 unspecified atom stereocenters. The van der Waals surface area contributed by atoms with Crippen molar-refractivity contribution in [2.45, 2.75) is 18.8 Å². The van der Waals surface area contributed by atoms with E-state index in [1.54, 1.807) is 24.3 Å². The van der Waals surface area contributed by atoms with Gasteiger partial charge in [-0.1, -0.05) is 23.2 Å². The van der Waals surface area contributed by atoms with Crippen molar-refractivity contribution in [2.24, 2.45) is 0 Å². The van der Waals surface area contributed by atoms with Crippen LogP contribution in [0.4, 0.5) is 5.69 Å². The lowest BCUT2D eigenvalue weighted by molar-refractivity contribution is -0.129. The molecule has 1 aromatic carbocycles. The molecule has 6 heteroatoms. The van der Waals surface area contributed by atoms with Gasteiger partial charge in [0.05, 0.1) is 0 Å². The summed E-state index contributed by atoms with van der Waals surface area (Å²) >= 11 is 11.6. The lowest BCUT2D eigenvalue weighted by atomic mass is 10.1. The molecule has 0 amide bonds. The maximum Gasteiger partial charge on any atom is 0.226 e. The van der Waals surface area contributed by atoms with Gasteiger partial charge in [-0.05, 0) is 38.1 Å². The molecule has 0 saturated carbocycles. The van der Waals surface area contributed by atoms with Gasteiger partial charge in [-0.3, -0.25) is 9.59 Å². The summed E-state index contributed by atoms with van der Waals surface area (Å²) in [6, 6.07) is 6.71. The number of carbonyl (C=O) groups excluding carboxylic acids is 2. The zero-order valence-electron chi connectivity index (χ0n) is 9.38. The summed E-state index contributed by atoms with van der Waals surface area (Å²) < 4.78 is 0. The average molecular weight is 275 g/mol. The SMILES string of the molecule is CC(=O)C(Cl)(NNc1ccc(Cl)cc1)C(C)=O. The molecular formula is C11H12Cl2N2O2. The second-order valence-corrected chi connectivity index (χ2v) is 4.53. The topological polar surface area (TPSA) is 58.2 Å². The molecule has 4 nitrogen and oxygen atoms in total. The van der Waals surface area contributed by atoms with E-state index in [1.807, 2.05) is 0 Å². The molecule has 92 valence electrons. The van der Waals surface area contributed by atoms with Gasteiger partial charge in [-0.15, -0.1) is 0 Å². The number of hydrazine groups is 1. The van der Waals surface area contributed by atoms with E-state index in [9.17, 15) is 9.59 Å². The Morgan fingerprint density at radius 2 is 1.59 bits per heavy atom. The minimum atomic E-state index is -1.75. The first-order chi connectivity index (χ1) is 7.86. The normalized spacial score (nSPS) is 11.1. The van der Waals surface area contributed by atoms with Crippen LogP contribution >= 0.6 is 23.2 Å². The maximum atomic E-state index is 11.3. The number of benzene rings is 1. The van der Waals surface area contributed by atoms with Gasteiger partial charge in [0.1, 0.15) is 0 Å². The van der Waals surface area contributed by atoms with Gasteiger partial charge in [0.25, 0.3) is 0 Å². The lowest BCUT2D eigenvalue weighted by Gasteiger charge is -2.23. The lowest BCUT2D eigenvalue weighted by Crippen LogP contribution is -2.54. The Morgan fingerprint density at radius 1 is 1.12 bits per heavy atom. The first-order valence-corrected chi connectivity index (χ1v) is 5.61. The predicted molar refractivity (Wildman–Crippen MR) is 68.2 cm³/mol. The van der Waals surface area contributed by atoms with Gasteiger partial charge < -0.3 is 5.43 Å². The first-order valence-electron chi connectivity index (χ1n) is 4.86. The fraction of sp³-hybridized carbons (Fsp3) is 0.273. The average Bonchev–Trinajstić information content (AvgIpc) is 2.27. The molecule has 0 atom stereocenters. The number of rotatable bonds is 5. The summed E-state index contributed by atoms with van der Waals surface area (Å²) in [4.78, 5) is 20.9. The third-order valence-electron chi connectivity index (χ3n) is 2.19. The molecule has 0 fully saturated rings. The van der Waals surface area contributed by atoms with Crippen molar-refractivity contribution in [1.29, 1.82) is 0 Å². The molecule has 0 heterocycles. The summed E-state index contributed by atoms with van der Waals surface area (Å²) in [5, 5.41) is 0.589. The monoisotopic (exact) mass is 274 g/mol. The van der Waals surface area contributed by atoms with Crippen LogP contribution in [0, 0.1) is 0 Å². The standard InChI is InChI=1S/C11H12Cl2N2O2/c1-7(16)11(13,8(2)17)15-14-10-5-3-9(12)4-6-10/h3-6,14-15H,1-2H3. The highest BCUT2D eigenvalue weighted by Gasteiger charge is 2.38. The Morgan fingerprint density at radius 3 is 2.00 bits per heavy atom. The molecular weight excluding hydrogens is 263 g/mol. The highest BCUT2D eigenvalue weighted by atomic mass is 35.5. The summed E-state index contributed by atoms with van der Waals surface area (Å²) in [6.45, 7) is 2.48. The Bertz CT molecular complexity index is 418. The number of halogens is 2. The number of anilines is 1. The second kappa shape index (κ2) is 5.49. The number of hydrogen-bond donors (Lipinski definition) is 2. The van der Waals surface area contributed by atoms with Crippen LogP contribution < -0.4 is 10.9 Å². The summed E-state index contributed by atoms with van der Waals surface area (Å²) in [5.74, 6) is -0.957. The van der Waals surface area contributed by atoms with E-state index >= 15 is 0 Å². The summed E-state index contributed by atoms with van der Waals surface area (Å²) in [6.07, 6.45) is 0. The minimum absolute atomic E-state index is 0.479. The summed E-state index contributed by atoms with van der Waals surface area (Å²) in [7, 11) is 0. The smallest absolute Gasteiger partial charge is 0.226 e. The molecule has 0 spiro atoms. The molecule has 17 heavy (non-hydrogen) atoms. The number of hydrogen-bond acceptors (Lipinski definition) is 4. The van der Waals surface area contributed by atoms with Crippen LogP contribution in [-0.2, 0) is 9.59 Å². The molecule has 0 radical (unpaired) electrons. The maximum absolute atomic E-state index is 11.3. The third kappa shape index (κ3) is 3.43. The van der Waals surface area contributed by atoms with Crippen LogP contribution in [0.15, 0.2) is 24.3 Å². The number of carbonyl (C=O) groups is 2. The Balaban J connectivity index is 2.74. The van der Waals surface area contributed by atoms with Gasteiger partial charge in [0.2, 0.25) is 5.00 Å². The van der Waals surface area contributed by atoms with Gasteiger partial charge in [0.15, 0.2) is 11.6 Å². The molecule has 0 aromatic heterocycles. The van der Waals surface area contributed by atoms with Gasteiger partial charge in [0, 0.05) is 10.7 Å². The van der Waals surface area contributed by atoms with Crippen molar-refractivity contribution < 1.29 is 9.59 Å². The van der Waals surface area contributed by atoms with Crippen molar-refractivity contribution in [2.75, 3.05) is 5.43 Å². The molecule has 2 N–H and O–H groups in total. The summed E-state index contributed by atoms with van der Waals surface area (Å²) in [5.41, 5.74) is 5.84. The molecule has 0 aliphatic rings. The van der Waals surface area contributed by atoms with E-state index < -0.39 is 16.6 Å². The van der Waals surface area contributed by atoms with E-state index in [4.69, 9.17) is 23.2 Å². The van der Waals surface area contributed by atoms with Crippen LogP contribution in [0.2, 0.25) is 5.02 Å². The van der Waals surface area contributed by atoms with Crippen molar-refractivity contribution in [1.82, 2.24) is 5.43 Å². The van der Waals surface area contributed by atoms with Crippen LogP contribution in [-0.4, -0.2) is 16.6 Å². The van der Waals surface area contributed by atoms with Crippen molar-refractivity contribution in [3.8, 4) is 0 Å². The highest BCUT2D eigenvalue weighted by Crippen LogP contribution is 2.17. The number of alkyl halides is 1. The Hall–Kier alpha value is -1.10. The largest absolute Gasteiger partial charge is 0.319 e. The highest BCUT2D eigenvalue weighted by molar-refractivity contribution is 6.45. The van der Waals surface area contributed by atoms with E-state index in [1.165, 1.54) is 13.8 Å². The number of Topliss-reactive ketones (excluding diaryl/α,β-unsaturated/α-hetero) is 2. The van der Waals surface area contributed by atoms with E-state index in [0.717, 1.165) is 0 Å². The van der Waals surface area contributed by atoms with Gasteiger partial charge in [-0.25, -0.2) is 5.43 Å². The number of ketones is 2. The van der Waals surface area contributed by atoms with E-state index in [0.29, 0.717) is 10.7 Å². The quantitative estimate of drug-likeness (QED) is 0.375. The minimum Gasteiger partial charge on any atom is -0.319 e. The van der Waals surface area contributed by atoms with Crippen molar-refractivity contribution in [3.05, 3.63) is 29.3 Å². The molecule has 0 bridgehead atoms. The fourth-order valence-corrected chi connectivity index (χ4v) is 1.29. The molecule has 0 saturated heterocycles. The van der Waals surface area contributed by atoms with Crippen LogP contribution in [0.25, 0.3) is 0 Å². The second-order valence-electron chi connectivity index (χ2n) is 3.53. The van der Waals surface area contributed by atoms with Gasteiger partial charge >= 0.3 is 0 Å². The van der Waals surface area contributed by atoms with E-state index in [-0.39, 0.29) is 0 Å². The van der Waals surface area contributed by atoms with Crippen LogP contribution in [0.1, 0.15) is 13.8 Å². The Kier molecular flexibility index (Phi) is 4.51. The van der Waals surface area contributed by atoms with Crippen LogP contribution in [0.3, 0.4) is 0 Å². The molecule has 1 aromatic rings. The van der Waals surface area contributed by atoms with Crippen LogP contribution in [0.5, 0.6) is 0 Å². The molecule has 1 rings (SSSR count). The molecule has 0 aliphatic carbocycles. The van der Waals surface area contributed by atoms with Gasteiger partial charge in [-0.2, -0.15) is 0 Å². The third-order valence-corrected chi connectivity index (χ3v) is 3.07. The number of nitrogens with one attached hydrogen (secondary N) is 2. The van der Waals surface area contributed by atoms with Crippen molar-refractivity contribution >= 4 is 40.5 Å². The van der Waals surface area contributed by atoms with Crippen molar-refractivity contribution in [3.63, 3.8) is 0 Å². The zero-order valence-corrected chi connectivity index (χ0v) is 10.9.